The highest BCUT2D eigenvalue weighted by atomic mass is 32.2. The average molecular weight is 480 g/mol. The predicted octanol–water partition coefficient (Wildman–Crippen LogP) is 4.51. The van der Waals surface area contributed by atoms with Gasteiger partial charge in [0.05, 0.1) is 17.1 Å². The van der Waals surface area contributed by atoms with Crippen LogP contribution in [0.3, 0.4) is 0 Å². The van der Waals surface area contributed by atoms with Crippen LogP contribution in [-0.2, 0) is 16.0 Å². The van der Waals surface area contributed by atoms with Crippen molar-refractivity contribution in [2.45, 2.75) is 10.8 Å². The smallest absolute Gasteiger partial charge is 0.271 e. The fourth-order valence-corrected chi connectivity index (χ4v) is 4.69. The van der Waals surface area contributed by atoms with Crippen LogP contribution in [0.15, 0.2) is 71.1 Å². The molecule has 4 aromatic rings. The SMILES string of the molecule is O=C(CSc1nnc(NC(=O)Cc2cccc3ccccc23)s1)Nc1cccc([N+](=O)[O-])c1. The zero-order valence-electron chi connectivity index (χ0n) is 17.1. The standard InChI is InChI=1S/C22H17N5O4S2/c28-19(11-15-7-3-6-14-5-1-2-10-18(14)15)24-21-25-26-22(33-21)32-13-20(29)23-16-8-4-9-17(12-16)27(30)31/h1-10,12H,11,13H2,(H,23,29)(H,24,25,28). The quantitative estimate of drug-likeness (QED) is 0.165. The van der Waals surface area contributed by atoms with Crippen molar-refractivity contribution in [1.29, 1.82) is 0 Å². The molecule has 2 N–H and O–H groups in total. The van der Waals surface area contributed by atoms with Crippen LogP contribution < -0.4 is 10.6 Å². The number of rotatable bonds is 8. The van der Waals surface area contributed by atoms with E-state index >= 15 is 0 Å². The van der Waals surface area contributed by atoms with Crippen molar-refractivity contribution in [2.75, 3.05) is 16.4 Å². The lowest BCUT2D eigenvalue weighted by molar-refractivity contribution is -0.384. The molecule has 1 aromatic heterocycles. The van der Waals surface area contributed by atoms with Gasteiger partial charge >= 0.3 is 0 Å². The molecule has 166 valence electrons. The zero-order chi connectivity index (χ0) is 23.2. The second-order valence-electron chi connectivity index (χ2n) is 6.88. The van der Waals surface area contributed by atoms with Crippen LogP contribution in [0.25, 0.3) is 10.8 Å². The van der Waals surface area contributed by atoms with Crippen LogP contribution >= 0.6 is 23.1 Å². The van der Waals surface area contributed by atoms with Crippen LogP contribution in [0, 0.1) is 10.1 Å². The molecule has 9 nitrogen and oxygen atoms in total. The molecule has 0 aliphatic carbocycles. The molecule has 0 spiro atoms. The van der Waals surface area contributed by atoms with E-state index in [9.17, 15) is 19.7 Å². The molecule has 2 amide bonds. The number of nitro benzene ring substituents is 1. The number of nitrogens with one attached hydrogen (secondary N) is 2. The molecule has 0 aliphatic heterocycles. The fourth-order valence-electron chi connectivity index (χ4n) is 3.12. The third-order valence-electron chi connectivity index (χ3n) is 4.55. The number of thioether (sulfide) groups is 1. The van der Waals surface area contributed by atoms with Gasteiger partial charge in [-0.3, -0.25) is 19.7 Å². The van der Waals surface area contributed by atoms with Gasteiger partial charge in [0.15, 0.2) is 4.34 Å². The van der Waals surface area contributed by atoms with Crippen LogP contribution in [0.5, 0.6) is 0 Å². The van der Waals surface area contributed by atoms with Crippen molar-refractivity contribution < 1.29 is 14.5 Å². The first-order valence-corrected chi connectivity index (χ1v) is 11.6. The van der Waals surface area contributed by atoms with Crippen molar-refractivity contribution in [2.24, 2.45) is 0 Å². The highest BCUT2D eigenvalue weighted by Gasteiger charge is 2.13. The summed E-state index contributed by atoms with van der Waals surface area (Å²) >= 11 is 2.33. The summed E-state index contributed by atoms with van der Waals surface area (Å²) in [6.45, 7) is 0. The minimum atomic E-state index is -0.526. The molecule has 3 aromatic carbocycles. The number of non-ortho nitro benzene ring substituents is 1. The number of hydrogen-bond acceptors (Lipinski definition) is 8. The zero-order valence-corrected chi connectivity index (χ0v) is 18.7. The summed E-state index contributed by atoms with van der Waals surface area (Å²) in [7, 11) is 0. The summed E-state index contributed by atoms with van der Waals surface area (Å²) in [5.41, 5.74) is 1.16. The van der Waals surface area contributed by atoms with Crippen LogP contribution in [-0.4, -0.2) is 32.7 Å². The summed E-state index contributed by atoms with van der Waals surface area (Å²) in [5.74, 6) is -0.499. The minimum absolute atomic E-state index is 0.0429. The first kappa shape index (κ1) is 22.4. The second kappa shape index (κ2) is 10.2. The third-order valence-corrected chi connectivity index (χ3v) is 6.52. The lowest BCUT2D eigenvalue weighted by Gasteiger charge is -2.06. The van der Waals surface area contributed by atoms with Gasteiger partial charge in [-0.25, -0.2) is 0 Å². The Morgan fingerprint density at radius 1 is 0.970 bits per heavy atom. The Kier molecular flexibility index (Phi) is 6.91. The van der Waals surface area contributed by atoms with Crippen molar-refractivity contribution in [3.05, 3.63) is 82.4 Å². The molecule has 0 radical (unpaired) electrons. The van der Waals surface area contributed by atoms with Crippen LogP contribution in [0.2, 0.25) is 0 Å². The molecule has 4 rings (SSSR count). The number of fused-ring (bicyclic) bond motifs is 1. The number of amides is 2. The average Bonchev–Trinajstić information content (AvgIpc) is 3.25. The molecule has 33 heavy (non-hydrogen) atoms. The number of nitrogens with zero attached hydrogens (tertiary/aromatic N) is 3. The number of benzene rings is 3. The van der Waals surface area contributed by atoms with Crippen molar-refractivity contribution in [3.8, 4) is 0 Å². The number of nitro groups is 1. The molecule has 1 heterocycles. The Morgan fingerprint density at radius 2 is 1.76 bits per heavy atom. The highest BCUT2D eigenvalue weighted by molar-refractivity contribution is 8.01. The maximum absolute atomic E-state index is 12.5. The molecular formula is C22H17N5O4S2. The number of carbonyl (C=O) groups is 2. The van der Waals surface area contributed by atoms with Gasteiger partial charge in [-0.05, 0) is 22.4 Å². The van der Waals surface area contributed by atoms with Gasteiger partial charge in [0, 0.05) is 17.8 Å². The van der Waals surface area contributed by atoms with E-state index in [-0.39, 0.29) is 29.7 Å². The molecule has 0 atom stereocenters. The number of aromatic nitrogens is 2. The van der Waals surface area contributed by atoms with Gasteiger partial charge in [-0.1, -0.05) is 71.6 Å². The van der Waals surface area contributed by atoms with E-state index in [4.69, 9.17) is 0 Å². The minimum Gasteiger partial charge on any atom is -0.325 e. The van der Waals surface area contributed by atoms with E-state index in [1.807, 2.05) is 42.5 Å². The van der Waals surface area contributed by atoms with Gasteiger partial charge in [0.2, 0.25) is 16.9 Å². The van der Waals surface area contributed by atoms with Crippen molar-refractivity contribution >= 4 is 62.2 Å². The maximum atomic E-state index is 12.5. The lowest BCUT2D eigenvalue weighted by atomic mass is 10.0. The van der Waals surface area contributed by atoms with Gasteiger partial charge in [-0.2, -0.15) is 0 Å². The van der Waals surface area contributed by atoms with E-state index in [0.29, 0.717) is 15.2 Å². The maximum Gasteiger partial charge on any atom is 0.271 e. The van der Waals surface area contributed by atoms with E-state index < -0.39 is 4.92 Å². The van der Waals surface area contributed by atoms with E-state index in [1.54, 1.807) is 6.07 Å². The van der Waals surface area contributed by atoms with Crippen LogP contribution in [0.1, 0.15) is 5.56 Å². The largest absolute Gasteiger partial charge is 0.325 e. The van der Waals surface area contributed by atoms with E-state index in [1.165, 1.54) is 29.5 Å². The summed E-state index contributed by atoms with van der Waals surface area (Å²) in [6, 6.07) is 19.4. The fraction of sp³-hybridized carbons (Fsp3) is 0.0909. The van der Waals surface area contributed by atoms with Gasteiger partial charge < -0.3 is 10.6 Å². The highest BCUT2D eigenvalue weighted by Crippen LogP contribution is 2.26. The lowest BCUT2D eigenvalue weighted by Crippen LogP contribution is -2.14. The Morgan fingerprint density at radius 3 is 2.61 bits per heavy atom. The molecule has 0 saturated heterocycles. The summed E-state index contributed by atoms with van der Waals surface area (Å²) in [6.07, 6.45) is 0.203. The molecule has 0 fully saturated rings. The van der Waals surface area contributed by atoms with E-state index in [2.05, 4.69) is 20.8 Å². The Bertz CT molecular complexity index is 1340. The Balaban J connectivity index is 1.30. The number of anilines is 2. The van der Waals surface area contributed by atoms with Gasteiger partial charge in [0.1, 0.15) is 0 Å². The topological polar surface area (TPSA) is 127 Å². The normalized spacial score (nSPS) is 10.7. The van der Waals surface area contributed by atoms with Gasteiger partial charge in [0.25, 0.3) is 5.69 Å². The van der Waals surface area contributed by atoms with Crippen molar-refractivity contribution in [3.63, 3.8) is 0 Å². The number of carbonyl (C=O) groups excluding carboxylic acids is 2. The Labute approximate surface area is 196 Å². The van der Waals surface area contributed by atoms with Crippen molar-refractivity contribution in [1.82, 2.24) is 10.2 Å². The molecule has 0 unspecified atom stereocenters. The monoisotopic (exact) mass is 479 g/mol. The second-order valence-corrected chi connectivity index (χ2v) is 9.08. The first-order chi connectivity index (χ1) is 16.0. The summed E-state index contributed by atoms with van der Waals surface area (Å²) < 4.78 is 0.518. The third kappa shape index (κ3) is 5.90. The molecule has 0 bridgehead atoms. The van der Waals surface area contributed by atoms with Gasteiger partial charge in [-0.15, -0.1) is 10.2 Å². The first-order valence-electron chi connectivity index (χ1n) is 9.75. The van der Waals surface area contributed by atoms with E-state index in [0.717, 1.165) is 28.1 Å². The summed E-state index contributed by atoms with van der Waals surface area (Å²) in [4.78, 5) is 34.9. The summed E-state index contributed by atoms with van der Waals surface area (Å²) in [5, 5.41) is 26.6. The number of hydrogen-bond donors (Lipinski definition) is 2. The molecule has 0 aliphatic rings. The van der Waals surface area contributed by atoms with Crippen LogP contribution in [0.4, 0.5) is 16.5 Å². The molecule has 11 heteroatoms. The Hall–Kier alpha value is -3.83. The molecule has 0 saturated carbocycles. The molecular weight excluding hydrogens is 462 g/mol. The predicted molar refractivity (Wildman–Crippen MR) is 129 cm³/mol.